The van der Waals surface area contributed by atoms with Crippen LogP contribution in [0.2, 0.25) is 0 Å². The van der Waals surface area contributed by atoms with E-state index in [2.05, 4.69) is 0 Å². The van der Waals surface area contributed by atoms with Gasteiger partial charge < -0.3 is 14.6 Å². The van der Waals surface area contributed by atoms with Gasteiger partial charge in [0.2, 0.25) is 0 Å². The fraction of sp³-hybridized carbons (Fsp3) is 0.727. The van der Waals surface area contributed by atoms with Crippen molar-refractivity contribution in [3.05, 3.63) is 0 Å². The zero-order valence-corrected chi connectivity index (χ0v) is 10.2. The van der Waals surface area contributed by atoms with Gasteiger partial charge in [-0.2, -0.15) is 0 Å². The highest BCUT2D eigenvalue weighted by atomic mass is 16.6. The van der Waals surface area contributed by atoms with Crippen LogP contribution in [-0.4, -0.2) is 46.5 Å². The normalized spacial score (nSPS) is 24.5. The molecule has 1 saturated heterocycles. The molecule has 0 aliphatic carbocycles. The minimum atomic E-state index is -1.11. The molecule has 0 radical (unpaired) electrons. The number of hydrogen-bond acceptors (Lipinski definition) is 4. The van der Waals surface area contributed by atoms with Crippen LogP contribution in [-0.2, 0) is 14.3 Å². The number of rotatable bonds is 2. The zero-order valence-electron chi connectivity index (χ0n) is 10.2. The van der Waals surface area contributed by atoms with E-state index in [9.17, 15) is 14.4 Å². The van der Waals surface area contributed by atoms with Crippen molar-refractivity contribution in [3.8, 4) is 0 Å². The Morgan fingerprint density at radius 2 is 2.00 bits per heavy atom. The molecule has 1 amide bonds. The minimum Gasteiger partial charge on any atom is -0.480 e. The van der Waals surface area contributed by atoms with E-state index >= 15 is 0 Å². The van der Waals surface area contributed by atoms with Gasteiger partial charge in [-0.05, 0) is 27.2 Å². The van der Waals surface area contributed by atoms with Crippen molar-refractivity contribution in [1.82, 2.24) is 4.90 Å². The largest absolute Gasteiger partial charge is 0.480 e. The highest BCUT2D eigenvalue weighted by molar-refractivity contribution is 5.82. The number of carbonyl (C=O) groups excluding carboxylic acids is 2. The standard InChI is InChI=1S/C11H17NO5/c1-11(2,3)17-10(16)12-5-7(6-13)4-8(12)9(14)15/h6-8H,4-5H2,1-3H3,(H,14,15)/t7?,8-/m0/s1. The lowest BCUT2D eigenvalue weighted by Gasteiger charge is -2.26. The second-order valence-electron chi connectivity index (χ2n) is 5.12. The molecule has 0 aromatic rings. The zero-order chi connectivity index (χ0) is 13.2. The number of carboxylic acid groups (broad SMARTS) is 1. The van der Waals surface area contributed by atoms with Crippen LogP contribution in [0.5, 0.6) is 0 Å². The highest BCUT2D eigenvalue weighted by Crippen LogP contribution is 2.24. The molecule has 6 heteroatoms. The molecule has 2 atom stereocenters. The van der Waals surface area contributed by atoms with Crippen LogP contribution in [0.25, 0.3) is 0 Å². The van der Waals surface area contributed by atoms with Gasteiger partial charge in [0.1, 0.15) is 17.9 Å². The van der Waals surface area contributed by atoms with Crippen LogP contribution in [0.4, 0.5) is 4.79 Å². The number of carbonyl (C=O) groups is 3. The van der Waals surface area contributed by atoms with Crippen LogP contribution in [0.1, 0.15) is 27.2 Å². The average molecular weight is 243 g/mol. The van der Waals surface area contributed by atoms with Gasteiger partial charge in [0.25, 0.3) is 0 Å². The van der Waals surface area contributed by atoms with E-state index in [4.69, 9.17) is 9.84 Å². The first kappa shape index (κ1) is 13.5. The first-order chi connectivity index (χ1) is 7.74. The Bertz CT molecular complexity index is 333. The number of hydrogen-bond donors (Lipinski definition) is 1. The quantitative estimate of drug-likeness (QED) is 0.728. The average Bonchev–Trinajstić information content (AvgIpc) is 2.58. The van der Waals surface area contributed by atoms with E-state index in [1.807, 2.05) is 0 Å². The first-order valence-electron chi connectivity index (χ1n) is 5.42. The molecule has 1 aliphatic rings. The van der Waals surface area contributed by atoms with E-state index < -0.39 is 29.6 Å². The van der Waals surface area contributed by atoms with Crippen LogP contribution in [0.3, 0.4) is 0 Å². The molecule has 1 heterocycles. The maximum absolute atomic E-state index is 11.8. The van der Waals surface area contributed by atoms with Gasteiger partial charge in [-0.15, -0.1) is 0 Å². The summed E-state index contributed by atoms with van der Waals surface area (Å²) in [5.41, 5.74) is -0.681. The summed E-state index contributed by atoms with van der Waals surface area (Å²) in [4.78, 5) is 34.5. The molecule has 0 aromatic carbocycles. The van der Waals surface area contributed by atoms with Crippen molar-refractivity contribution in [2.24, 2.45) is 5.92 Å². The molecular formula is C11H17NO5. The molecule has 0 bridgehead atoms. The third kappa shape index (κ3) is 3.44. The van der Waals surface area contributed by atoms with Crippen molar-refractivity contribution >= 4 is 18.3 Å². The van der Waals surface area contributed by atoms with E-state index in [1.54, 1.807) is 20.8 Å². The highest BCUT2D eigenvalue weighted by Gasteiger charge is 2.41. The smallest absolute Gasteiger partial charge is 0.411 e. The number of likely N-dealkylation sites (tertiary alicyclic amines) is 1. The Kier molecular flexibility index (Phi) is 3.75. The summed E-state index contributed by atoms with van der Waals surface area (Å²) in [5.74, 6) is -1.54. The fourth-order valence-corrected chi connectivity index (χ4v) is 1.72. The van der Waals surface area contributed by atoms with E-state index in [0.717, 1.165) is 4.90 Å². The van der Waals surface area contributed by atoms with Crippen molar-refractivity contribution in [2.45, 2.75) is 38.8 Å². The van der Waals surface area contributed by atoms with Crippen molar-refractivity contribution < 1.29 is 24.2 Å². The van der Waals surface area contributed by atoms with Gasteiger partial charge in [0.05, 0.1) is 0 Å². The molecule has 1 unspecified atom stereocenters. The Morgan fingerprint density at radius 3 is 2.41 bits per heavy atom. The molecule has 0 aromatic heterocycles. The van der Waals surface area contributed by atoms with E-state index in [1.165, 1.54) is 0 Å². The summed E-state index contributed by atoms with van der Waals surface area (Å²) >= 11 is 0. The predicted octanol–water partition coefficient (Wildman–Crippen LogP) is 0.896. The summed E-state index contributed by atoms with van der Waals surface area (Å²) < 4.78 is 5.10. The molecule has 1 fully saturated rings. The van der Waals surface area contributed by atoms with Crippen molar-refractivity contribution in [1.29, 1.82) is 0 Å². The van der Waals surface area contributed by atoms with Gasteiger partial charge in [-0.1, -0.05) is 0 Å². The first-order valence-corrected chi connectivity index (χ1v) is 5.42. The van der Waals surface area contributed by atoms with Crippen molar-refractivity contribution in [3.63, 3.8) is 0 Å². The summed E-state index contributed by atoms with van der Waals surface area (Å²) in [7, 11) is 0. The molecule has 0 saturated carbocycles. The number of aliphatic carboxylic acids is 1. The van der Waals surface area contributed by atoms with Crippen molar-refractivity contribution in [2.75, 3.05) is 6.54 Å². The Morgan fingerprint density at radius 1 is 1.41 bits per heavy atom. The maximum atomic E-state index is 11.8. The molecule has 96 valence electrons. The molecule has 1 rings (SSSR count). The number of amides is 1. The van der Waals surface area contributed by atoms with Crippen LogP contribution in [0, 0.1) is 5.92 Å². The van der Waals surface area contributed by atoms with Gasteiger partial charge in [0, 0.05) is 12.5 Å². The molecule has 6 nitrogen and oxygen atoms in total. The summed E-state index contributed by atoms with van der Waals surface area (Å²) in [6.07, 6.45) is 0.146. The predicted molar refractivity (Wildman–Crippen MR) is 58.5 cm³/mol. The van der Waals surface area contributed by atoms with Crippen LogP contribution < -0.4 is 0 Å². The maximum Gasteiger partial charge on any atom is 0.411 e. The second-order valence-corrected chi connectivity index (χ2v) is 5.12. The third-order valence-electron chi connectivity index (χ3n) is 2.44. The van der Waals surface area contributed by atoms with E-state index in [0.29, 0.717) is 6.29 Å². The molecule has 1 N–H and O–H groups in total. The Hall–Kier alpha value is -1.59. The minimum absolute atomic E-state index is 0.107. The number of nitrogens with zero attached hydrogens (tertiary/aromatic N) is 1. The second kappa shape index (κ2) is 4.73. The lowest BCUT2D eigenvalue weighted by molar-refractivity contribution is -0.142. The lowest BCUT2D eigenvalue weighted by atomic mass is 10.1. The van der Waals surface area contributed by atoms with Gasteiger partial charge in [0.15, 0.2) is 0 Å². The molecule has 0 spiro atoms. The van der Waals surface area contributed by atoms with Crippen LogP contribution >= 0.6 is 0 Å². The van der Waals surface area contributed by atoms with Gasteiger partial charge >= 0.3 is 12.1 Å². The summed E-state index contributed by atoms with van der Waals surface area (Å²) in [6.45, 7) is 5.21. The summed E-state index contributed by atoms with van der Waals surface area (Å²) in [6, 6.07) is -0.972. The molecule has 1 aliphatic heterocycles. The third-order valence-corrected chi connectivity index (χ3v) is 2.44. The number of ether oxygens (including phenoxy) is 1. The summed E-state index contributed by atoms with van der Waals surface area (Å²) in [5, 5.41) is 8.98. The number of carboxylic acids is 1. The Labute approximate surface area is 99.5 Å². The Balaban J connectivity index is 2.77. The fourth-order valence-electron chi connectivity index (χ4n) is 1.72. The van der Waals surface area contributed by atoms with Crippen LogP contribution in [0.15, 0.2) is 0 Å². The monoisotopic (exact) mass is 243 g/mol. The molecular weight excluding hydrogens is 226 g/mol. The van der Waals surface area contributed by atoms with E-state index in [-0.39, 0.29) is 13.0 Å². The SMILES string of the molecule is CC(C)(C)OC(=O)N1CC(C=O)C[C@H]1C(=O)O. The van der Waals surface area contributed by atoms with Gasteiger partial charge in [-0.3, -0.25) is 4.90 Å². The lowest BCUT2D eigenvalue weighted by Crippen LogP contribution is -2.43. The topological polar surface area (TPSA) is 83.9 Å². The number of aldehydes is 1. The van der Waals surface area contributed by atoms with Gasteiger partial charge in [-0.25, -0.2) is 9.59 Å². The molecule has 17 heavy (non-hydrogen) atoms.